The Morgan fingerprint density at radius 3 is 2.68 bits per heavy atom. The minimum atomic E-state index is -3.45. The van der Waals surface area contributed by atoms with Crippen molar-refractivity contribution in [3.8, 4) is 0 Å². The predicted octanol–water partition coefficient (Wildman–Crippen LogP) is -0.545. The van der Waals surface area contributed by atoms with Crippen molar-refractivity contribution in [3.63, 3.8) is 0 Å². The van der Waals surface area contributed by atoms with Crippen LogP contribution >= 0.6 is 0 Å². The number of sulfonamides is 1. The van der Waals surface area contributed by atoms with Gasteiger partial charge in [-0.1, -0.05) is 6.92 Å². The van der Waals surface area contributed by atoms with Gasteiger partial charge in [-0.05, 0) is 13.6 Å². The summed E-state index contributed by atoms with van der Waals surface area (Å²) in [6.07, 6.45) is 1.58. The molecular formula is C11H21N5O2S. The Morgan fingerprint density at radius 1 is 1.37 bits per heavy atom. The lowest BCUT2D eigenvalue weighted by atomic mass is 10.3. The molecule has 1 saturated heterocycles. The SMILES string of the molecule is CCNCc1cn[nH]c1S(=O)(=O)N1CCN(C)CC1. The minimum Gasteiger partial charge on any atom is -0.313 e. The molecule has 1 fully saturated rings. The maximum Gasteiger partial charge on any atom is 0.260 e. The third kappa shape index (κ3) is 3.14. The first-order chi connectivity index (χ1) is 9.05. The highest BCUT2D eigenvalue weighted by Crippen LogP contribution is 2.18. The van der Waals surface area contributed by atoms with Crippen LogP contribution in [0.2, 0.25) is 0 Å². The van der Waals surface area contributed by atoms with Gasteiger partial charge in [0.15, 0.2) is 5.03 Å². The molecule has 1 aromatic rings. The van der Waals surface area contributed by atoms with Crippen LogP contribution in [0.25, 0.3) is 0 Å². The lowest BCUT2D eigenvalue weighted by molar-refractivity contribution is 0.222. The van der Waals surface area contributed by atoms with Crippen molar-refractivity contribution in [2.75, 3.05) is 39.8 Å². The second kappa shape index (κ2) is 6.00. The van der Waals surface area contributed by atoms with Crippen LogP contribution in [0.5, 0.6) is 0 Å². The number of aromatic nitrogens is 2. The van der Waals surface area contributed by atoms with Crippen molar-refractivity contribution in [2.24, 2.45) is 0 Å². The molecule has 2 heterocycles. The molecule has 19 heavy (non-hydrogen) atoms. The Balaban J connectivity index is 2.17. The quantitative estimate of drug-likeness (QED) is 0.760. The molecule has 1 aromatic heterocycles. The fourth-order valence-corrected chi connectivity index (χ4v) is 3.59. The van der Waals surface area contributed by atoms with Crippen molar-refractivity contribution in [1.29, 1.82) is 0 Å². The average molecular weight is 287 g/mol. The third-order valence-corrected chi connectivity index (χ3v) is 5.22. The monoisotopic (exact) mass is 287 g/mol. The zero-order chi connectivity index (χ0) is 13.9. The molecule has 8 heteroatoms. The Kier molecular flexibility index (Phi) is 4.56. The van der Waals surface area contributed by atoms with Gasteiger partial charge in [-0.3, -0.25) is 5.10 Å². The smallest absolute Gasteiger partial charge is 0.260 e. The van der Waals surface area contributed by atoms with Crippen LogP contribution in [0.3, 0.4) is 0 Å². The summed E-state index contributed by atoms with van der Waals surface area (Å²) in [4.78, 5) is 2.12. The van der Waals surface area contributed by atoms with E-state index in [2.05, 4.69) is 20.4 Å². The first kappa shape index (κ1) is 14.4. The van der Waals surface area contributed by atoms with Gasteiger partial charge in [-0.15, -0.1) is 0 Å². The number of nitrogens with one attached hydrogen (secondary N) is 2. The van der Waals surface area contributed by atoms with Gasteiger partial charge in [0.05, 0.1) is 6.20 Å². The number of hydrogen-bond donors (Lipinski definition) is 2. The van der Waals surface area contributed by atoms with E-state index < -0.39 is 10.0 Å². The summed E-state index contributed by atoms with van der Waals surface area (Å²) < 4.78 is 26.6. The largest absolute Gasteiger partial charge is 0.313 e. The number of nitrogens with zero attached hydrogens (tertiary/aromatic N) is 3. The van der Waals surface area contributed by atoms with Crippen molar-refractivity contribution in [2.45, 2.75) is 18.5 Å². The van der Waals surface area contributed by atoms with E-state index in [0.717, 1.165) is 19.6 Å². The fraction of sp³-hybridized carbons (Fsp3) is 0.727. The number of piperazine rings is 1. The highest BCUT2D eigenvalue weighted by atomic mass is 32.2. The van der Waals surface area contributed by atoms with Crippen molar-refractivity contribution >= 4 is 10.0 Å². The van der Waals surface area contributed by atoms with E-state index in [1.54, 1.807) is 6.20 Å². The van der Waals surface area contributed by atoms with Crippen LogP contribution in [-0.2, 0) is 16.6 Å². The van der Waals surface area contributed by atoms with Crippen LogP contribution in [0.15, 0.2) is 11.2 Å². The van der Waals surface area contributed by atoms with E-state index >= 15 is 0 Å². The standard InChI is InChI=1S/C11H21N5O2S/c1-3-12-8-10-9-13-14-11(10)19(17,18)16-6-4-15(2)5-7-16/h9,12H,3-8H2,1-2H3,(H,13,14). The molecule has 0 aliphatic carbocycles. The summed E-state index contributed by atoms with van der Waals surface area (Å²) in [5, 5.41) is 9.84. The van der Waals surface area contributed by atoms with Crippen molar-refractivity contribution in [3.05, 3.63) is 11.8 Å². The summed E-state index contributed by atoms with van der Waals surface area (Å²) in [7, 11) is -1.46. The Morgan fingerprint density at radius 2 is 2.05 bits per heavy atom. The first-order valence-corrected chi connectivity index (χ1v) is 7.91. The predicted molar refractivity (Wildman–Crippen MR) is 72.2 cm³/mol. The fourth-order valence-electron chi connectivity index (χ4n) is 2.07. The van der Waals surface area contributed by atoms with Gasteiger partial charge >= 0.3 is 0 Å². The molecule has 0 saturated carbocycles. The Labute approximate surface area is 114 Å². The molecule has 0 amide bonds. The molecular weight excluding hydrogens is 266 g/mol. The summed E-state index contributed by atoms with van der Waals surface area (Å²) in [6, 6.07) is 0. The molecule has 2 N–H and O–H groups in total. The Bertz CT molecular complexity index is 505. The van der Waals surface area contributed by atoms with Crippen LogP contribution in [0.1, 0.15) is 12.5 Å². The molecule has 7 nitrogen and oxygen atoms in total. The molecule has 0 radical (unpaired) electrons. The van der Waals surface area contributed by atoms with Crippen LogP contribution in [0, 0.1) is 0 Å². The van der Waals surface area contributed by atoms with Crippen LogP contribution < -0.4 is 5.32 Å². The highest BCUT2D eigenvalue weighted by molar-refractivity contribution is 7.89. The molecule has 0 spiro atoms. The first-order valence-electron chi connectivity index (χ1n) is 6.47. The summed E-state index contributed by atoms with van der Waals surface area (Å²) in [6.45, 7) is 5.85. The topological polar surface area (TPSA) is 81.3 Å². The van der Waals surface area contributed by atoms with E-state index in [-0.39, 0.29) is 5.03 Å². The molecule has 0 aromatic carbocycles. The summed E-state index contributed by atoms with van der Waals surface area (Å²) in [5.41, 5.74) is 0.695. The lowest BCUT2D eigenvalue weighted by Gasteiger charge is -2.31. The molecule has 0 unspecified atom stereocenters. The molecule has 1 aliphatic heterocycles. The molecule has 2 rings (SSSR count). The number of hydrogen-bond acceptors (Lipinski definition) is 5. The van der Waals surface area contributed by atoms with Crippen LogP contribution in [-0.4, -0.2) is 67.6 Å². The van der Waals surface area contributed by atoms with Crippen molar-refractivity contribution in [1.82, 2.24) is 24.7 Å². The zero-order valence-corrected chi connectivity index (χ0v) is 12.2. The summed E-state index contributed by atoms with van der Waals surface area (Å²) >= 11 is 0. The molecule has 1 aliphatic rings. The zero-order valence-electron chi connectivity index (χ0n) is 11.4. The van der Waals surface area contributed by atoms with Gasteiger partial charge < -0.3 is 10.2 Å². The number of rotatable bonds is 5. The normalized spacial score (nSPS) is 18.8. The van der Waals surface area contributed by atoms with Gasteiger partial charge in [-0.25, -0.2) is 8.42 Å². The average Bonchev–Trinajstić information content (AvgIpc) is 2.86. The van der Waals surface area contributed by atoms with Gasteiger partial charge in [-0.2, -0.15) is 9.40 Å². The van der Waals surface area contributed by atoms with E-state index in [9.17, 15) is 8.42 Å². The van der Waals surface area contributed by atoms with E-state index in [4.69, 9.17) is 0 Å². The van der Waals surface area contributed by atoms with E-state index in [1.165, 1.54) is 4.31 Å². The van der Waals surface area contributed by atoms with Gasteiger partial charge in [0, 0.05) is 38.3 Å². The number of aromatic amines is 1. The van der Waals surface area contributed by atoms with Gasteiger partial charge in [0.1, 0.15) is 0 Å². The molecule has 108 valence electrons. The lowest BCUT2D eigenvalue weighted by Crippen LogP contribution is -2.47. The van der Waals surface area contributed by atoms with E-state index in [1.807, 2.05) is 14.0 Å². The van der Waals surface area contributed by atoms with Gasteiger partial charge in [0.2, 0.25) is 0 Å². The number of likely N-dealkylation sites (N-methyl/N-ethyl adjacent to an activating group) is 1. The van der Waals surface area contributed by atoms with Gasteiger partial charge in [0.25, 0.3) is 10.0 Å². The second-order valence-electron chi connectivity index (χ2n) is 4.71. The van der Waals surface area contributed by atoms with Crippen LogP contribution in [0.4, 0.5) is 0 Å². The number of H-pyrrole nitrogens is 1. The molecule has 0 bridgehead atoms. The minimum absolute atomic E-state index is 0.220. The van der Waals surface area contributed by atoms with Crippen molar-refractivity contribution < 1.29 is 8.42 Å². The molecule has 0 atom stereocenters. The maximum absolute atomic E-state index is 12.5. The maximum atomic E-state index is 12.5. The highest BCUT2D eigenvalue weighted by Gasteiger charge is 2.30. The Hall–Kier alpha value is -0.960. The third-order valence-electron chi connectivity index (χ3n) is 3.30. The summed E-state index contributed by atoms with van der Waals surface area (Å²) in [5.74, 6) is 0. The second-order valence-corrected chi connectivity index (χ2v) is 6.59. The van der Waals surface area contributed by atoms with E-state index in [0.29, 0.717) is 25.2 Å².